The Hall–Kier alpha value is -1.37. The van der Waals surface area contributed by atoms with Gasteiger partial charge in [-0.3, -0.25) is 4.90 Å². The van der Waals surface area contributed by atoms with Gasteiger partial charge in [0.15, 0.2) is 0 Å². The minimum absolute atomic E-state index is 0. The summed E-state index contributed by atoms with van der Waals surface area (Å²) in [4.78, 5) is 15.3. The first-order valence-electron chi connectivity index (χ1n) is 7.17. The average Bonchev–Trinajstić information content (AvgIpc) is 2.49. The number of piperazine rings is 1. The second-order valence-corrected chi connectivity index (χ2v) is 5.05. The highest BCUT2D eigenvalue weighted by atomic mass is 35.5. The van der Waals surface area contributed by atoms with E-state index in [4.69, 9.17) is 4.74 Å². The lowest BCUT2D eigenvalue weighted by molar-refractivity contribution is 0.0578. The van der Waals surface area contributed by atoms with Crippen LogP contribution in [-0.2, 0) is 4.74 Å². The van der Waals surface area contributed by atoms with Crippen molar-refractivity contribution < 1.29 is 19.0 Å². The molecule has 0 aromatic heterocycles. The Labute approximate surface area is 136 Å². The molecular formula is C15H22ClFN2O3. The lowest BCUT2D eigenvalue weighted by Gasteiger charge is -2.35. The average molecular weight is 333 g/mol. The van der Waals surface area contributed by atoms with Crippen molar-refractivity contribution >= 4 is 18.5 Å². The van der Waals surface area contributed by atoms with Gasteiger partial charge in [0, 0.05) is 32.7 Å². The number of nitrogens with zero attached hydrogens (tertiary/aromatic N) is 2. The molecule has 1 aromatic carbocycles. The number of ether oxygens (including phenoxy) is 1. The van der Waals surface area contributed by atoms with E-state index < -0.39 is 6.10 Å². The summed E-state index contributed by atoms with van der Waals surface area (Å²) in [7, 11) is 0. The normalized spacial score (nSPS) is 16.8. The number of aliphatic hydroxyl groups excluding tert-OH is 1. The van der Waals surface area contributed by atoms with Crippen molar-refractivity contribution in [1.82, 2.24) is 9.80 Å². The van der Waals surface area contributed by atoms with E-state index in [0.717, 1.165) is 0 Å². The Bertz CT molecular complexity index is 464. The van der Waals surface area contributed by atoms with Crippen molar-refractivity contribution in [3.05, 3.63) is 35.6 Å². The maximum Gasteiger partial charge on any atom is 0.409 e. The summed E-state index contributed by atoms with van der Waals surface area (Å²) in [6.07, 6.45) is -0.934. The first-order chi connectivity index (χ1) is 10.1. The molecule has 0 bridgehead atoms. The van der Waals surface area contributed by atoms with Gasteiger partial charge in [0.2, 0.25) is 0 Å². The van der Waals surface area contributed by atoms with Gasteiger partial charge in [-0.1, -0.05) is 12.1 Å². The van der Waals surface area contributed by atoms with E-state index in [2.05, 4.69) is 4.90 Å². The smallest absolute Gasteiger partial charge is 0.409 e. The van der Waals surface area contributed by atoms with Crippen molar-refractivity contribution in [2.24, 2.45) is 0 Å². The third kappa shape index (κ3) is 5.12. The van der Waals surface area contributed by atoms with Crippen LogP contribution in [0, 0.1) is 5.82 Å². The summed E-state index contributed by atoms with van der Waals surface area (Å²) in [5, 5.41) is 10.2. The van der Waals surface area contributed by atoms with Crippen LogP contribution in [0.2, 0.25) is 0 Å². The van der Waals surface area contributed by atoms with Gasteiger partial charge in [-0.05, 0) is 24.6 Å². The van der Waals surface area contributed by atoms with E-state index in [9.17, 15) is 14.3 Å². The Balaban J connectivity index is 0.00000242. The minimum atomic E-state index is -0.653. The first kappa shape index (κ1) is 18.7. The number of benzene rings is 1. The van der Waals surface area contributed by atoms with E-state index in [1.165, 1.54) is 12.1 Å². The molecule has 124 valence electrons. The zero-order valence-electron chi connectivity index (χ0n) is 12.6. The maximum atomic E-state index is 12.8. The number of carbonyl (C=O) groups is 1. The molecule has 1 atom stereocenters. The molecule has 1 aliphatic heterocycles. The quantitative estimate of drug-likeness (QED) is 0.917. The van der Waals surface area contributed by atoms with Gasteiger partial charge in [0.25, 0.3) is 0 Å². The highest BCUT2D eigenvalue weighted by molar-refractivity contribution is 5.85. The largest absolute Gasteiger partial charge is 0.450 e. The summed E-state index contributed by atoms with van der Waals surface area (Å²) in [6.45, 7) is 5.20. The molecule has 0 spiro atoms. The molecule has 1 amide bonds. The molecule has 5 nitrogen and oxygen atoms in total. The molecule has 1 saturated heterocycles. The number of β-amino-alcohol motifs (C(OH)–C–C–N with tert-alkyl or cyclic N) is 1. The van der Waals surface area contributed by atoms with Crippen LogP contribution in [0.5, 0.6) is 0 Å². The third-order valence-corrected chi connectivity index (χ3v) is 3.58. The van der Waals surface area contributed by atoms with Gasteiger partial charge in [-0.25, -0.2) is 9.18 Å². The fourth-order valence-electron chi connectivity index (χ4n) is 2.36. The maximum absolute atomic E-state index is 12.8. The Kier molecular flexibility index (Phi) is 7.58. The van der Waals surface area contributed by atoms with E-state index in [0.29, 0.717) is 44.9 Å². The van der Waals surface area contributed by atoms with Crippen LogP contribution >= 0.6 is 12.4 Å². The molecule has 1 N–H and O–H groups in total. The van der Waals surface area contributed by atoms with Gasteiger partial charge in [-0.15, -0.1) is 12.4 Å². The number of halogens is 2. The van der Waals surface area contributed by atoms with Crippen molar-refractivity contribution in [3.63, 3.8) is 0 Å². The highest BCUT2D eigenvalue weighted by Crippen LogP contribution is 2.16. The fraction of sp³-hybridized carbons (Fsp3) is 0.533. The van der Waals surface area contributed by atoms with Gasteiger partial charge in [0.1, 0.15) is 5.82 Å². The van der Waals surface area contributed by atoms with Crippen molar-refractivity contribution in [1.29, 1.82) is 0 Å². The zero-order valence-corrected chi connectivity index (χ0v) is 13.4. The number of amides is 1. The topological polar surface area (TPSA) is 53.0 Å². The second kappa shape index (κ2) is 8.92. The third-order valence-electron chi connectivity index (χ3n) is 3.58. The Morgan fingerprint density at radius 2 is 1.86 bits per heavy atom. The standard InChI is InChI=1S/C15H21FN2O3.ClH/c1-2-21-15(20)18-9-7-17(8-10-18)11-14(19)12-3-5-13(16)6-4-12;/h3-6,14,19H,2,7-11H2,1H3;1H. The molecule has 2 rings (SSSR count). The summed E-state index contributed by atoms with van der Waals surface area (Å²) < 4.78 is 17.8. The first-order valence-corrected chi connectivity index (χ1v) is 7.17. The summed E-state index contributed by atoms with van der Waals surface area (Å²) >= 11 is 0. The van der Waals surface area contributed by atoms with Crippen LogP contribution in [0.4, 0.5) is 9.18 Å². The molecule has 1 aliphatic rings. The molecule has 1 aromatic rings. The lowest BCUT2D eigenvalue weighted by atomic mass is 10.1. The molecule has 1 unspecified atom stereocenters. The van der Waals surface area contributed by atoms with Crippen LogP contribution in [0.25, 0.3) is 0 Å². The molecule has 1 fully saturated rings. The number of rotatable bonds is 4. The molecule has 0 radical (unpaired) electrons. The summed E-state index contributed by atoms with van der Waals surface area (Å²) in [5.41, 5.74) is 0.698. The van der Waals surface area contributed by atoms with Gasteiger partial charge >= 0.3 is 6.09 Å². The van der Waals surface area contributed by atoms with E-state index >= 15 is 0 Å². The van der Waals surface area contributed by atoms with E-state index in [-0.39, 0.29) is 24.3 Å². The van der Waals surface area contributed by atoms with Crippen LogP contribution in [0.1, 0.15) is 18.6 Å². The monoisotopic (exact) mass is 332 g/mol. The Morgan fingerprint density at radius 3 is 2.41 bits per heavy atom. The van der Waals surface area contributed by atoms with Crippen molar-refractivity contribution in [3.8, 4) is 0 Å². The fourth-order valence-corrected chi connectivity index (χ4v) is 2.36. The number of hydrogen-bond donors (Lipinski definition) is 1. The molecule has 0 aliphatic carbocycles. The second-order valence-electron chi connectivity index (χ2n) is 5.05. The molecule has 1 heterocycles. The summed E-state index contributed by atoms with van der Waals surface area (Å²) in [5.74, 6) is -0.311. The van der Waals surface area contributed by atoms with Crippen molar-refractivity contribution in [2.75, 3.05) is 39.3 Å². The van der Waals surface area contributed by atoms with E-state index in [1.807, 2.05) is 0 Å². The SMILES string of the molecule is CCOC(=O)N1CCN(CC(O)c2ccc(F)cc2)CC1.Cl. The molecule has 0 saturated carbocycles. The minimum Gasteiger partial charge on any atom is -0.450 e. The molecule has 22 heavy (non-hydrogen) atoms. The molecule has 7 heteroatoms. The highest BCUT2D eigenvalue weighted by Gasteiger charge is 2.23. The van der Waals surface area contributed by atoms with Gasteiger partial charge in [-0.2, -0.15) is 0 Å². The predicted octanol–water partition coefficient (Wildman–Crippen LogP) is 2.06. The van der Waals surface area contributed by atoms with Gasteiger partial charge < -0.3 is 14.7 Å². The zero-order chi connectivity index (χ0) is 15.2. The van der Waals surface area contributed by atoms with E-state index in [1.54, 1.807) is 24.0 Å². The Morgan fingerprint density at radius 1 is 1.27 bits per heavy atom. The van der Waals surface area contributed by atoms with Crippen LogP contribution in [0.15, 0.2) is 24.3 Å². The number of hydrogen-bond acceptors (Lipinski definition) is 4. The van der Waals surface area contributed by atoms with Gasteiger partial charge in [0.05, 0.1) is 12.7 Å². The predicted molar refractivity (Wildman–Crippen MR) is 83.6 cm³/mol. The van der Waals surface area contributed by atoms with Crippen LogP contribution in [-0.4, -0.2) is 60.3 Å². The lowest BCUT2D eigenvalue weighted by Crippen LogP contribution is -2.49. The number of carbonyl (C=O) groups excluding carboxylic acids is 1. The molecular weight excluding hydrogens is 311 g/mol. The number of aliphatic hydroxyl groups is 1. The summed E-state index contributed by atoms with van der Waals surface area (Å²) in [6, 6.07) is 5.87. The van der Waals surface area contributed by atoms with Crippen LogP contribution in [0.3, 0.4) is 0 Å². The van der Waals surface area contributed by atoms with Crippen molar-refractivity contribution in [2.45, 2.75) is 13.0 Å². The van der Waals surface area contributed by atoms with Crippen LogP contribution < -0.4 is 0 Å².